The third-order valence-electron chi connectivity index (χ3n) is 2.21. The van der Waals surface area contributed by atoms with E-state index >= 15 is 0 Å². The van der Waals surface area contributed by atoms with Gasteiger partial charge in [-0.15, -0.1) is 11.6 Å². The molecule has 0 atom stereocenters. The molecule has 0 saturated heterocycles. The van der Waals surface area contributed by atoms with E-state index in [1.165, 1.54) is 18.2 Å². The summed E-state index contributed by atoms with van der Waals surface area (Å²) in [5.74, 6) is -0.407. The zero-order valence-corrected chi connectivity index (χ0v) is 10.6. The quantitative estimate of drug-likeness (QED) is 0.399. The van der Waals surface area contributed by atoms with Gasteiger partial charge in [0, 0.05) is 24.6 Å². The number of carbonyl (C=O) groups excluding carboxylic acids is 1. The first-order valence-corrected chi connectivity index (χ1v) is 6.12. The number of phenols is 2. The molecule has 0 aliphatic heterocycles. The Bertz CT molecular complexity index is 398. The highest BCUT2D eigenvalue weighted by Gasteiger charge is 2.07. The maximum atomic E-state index is 11.6. The van der Waals surface area contributed by atoms with Crippen LogP contribution in [0.25, 0.3) is 0 Å². The van der Waals surface area contributed by atoms with Crippen LogP contribution in [0, 0.1) is 0 Å². The summed E-state index contributed by atoms with van der Waals surface area (Å²) in [5.41, 5.74) is 0.298. The molecule has 100 valence electrons. The van der Waals surface area contributed by atoms with Gasteiger partial charge in [-0.2, -0.15) is 0 Å². The Hall–Kier alpha value is -1.46. The van der Waals surface area contributed by atoms with Crippen molar-refractivity contribution in [1.29, 1.82) is 0 Å². The molecule has 3 N–H and O–H groups in total. The van der Waals surface area contributed by atoms with Crippen molar-refractivity contribution in [3.63, 3.8) is 0 Å². The molecule has 0 saturated carbocycles. The van der Waals surface area contributed by atoms with Crippen LogP contribution >= 0.6 is 11.6 Å². The predicted molar refractivity (Wildman–Crippen MR) is 68.3 cm³/mol. The van der Waals surface area contributed by atoms with Crippen LogP contribution in [0.2, 0.25) is 0 Å². The minimum absolute atomic E-state index is 0.249. The summed E-state index contributed by atoms with van der Waals surface area (Å²) in [5, 5.41) is 21.0. The van der Waals surface area contributed by atoms with Crippen LogP contribution < -0.4 is 5.32 Å². The molecule has 1 rings (SSSR count). The third kappa shape index (κ3) is 4.81. The average molecular weight is 274 g/mol. The van der Waals surface area contributed by atoms with Crippen molar-refractivity contribution in [2.75, 3.05) is 25.6 Å². The summed E-state index contributed by atoms with van der Waals surface area (Å²) >= 11 is 5.43. The van der Waals surface area contributed by atoms with Gasteiger partial charge in [-0.3, -0.25) is 4.79 Å². The zero-order chi connectivity index (χ0) is 13.4. The Labute approximate surface area is 110 Å². The lowest BCUT2D eigenvalue weighted by Gasteiger charge is -2.06. The number of aromatic hydroxyl groups is 2. The highest BCUT2D eigenvalue weighted by Crippen LogP contribution is 2.24. The number of rotatable bonds is 7. The van der Waals surface area contributed by atoms with Gasteiger partial charge in [-0.05, 0) is 24.6 Å². The maximum absolute atomic E-state index is 11.6. The smallest absolute Gasteiger partial charge is 0.251 e. The predicted octanol–water partition coefficient (Wildman–Crippen LogP) is 1.47. The van der Waals surface area contributed by atoms with Gasteiger partial charge in [0.2, 0.25) is 0 Å². The first kappa shape index (κ1) is 14.6. The molecule has 5 nitrogen and oxygen atoms in total. The van der Waals surface area contributed by atoms with Crippen LogP contribution in [-0.2, 0) is 4.74 Å². The van der Waals surface area contributed by atoms with Crippen molar-refractivity contribution >= 4 is 17.5 Å². The van der Waals surface area contributed by atoms with Crippen molar-refractivity contribution in [1.82, 2.24) is 5.32 Å². The van der Waals surface area contributed by atoms with Gasteiger partial charge in [-0.25, -0.2) is 0 Å². The fraction of sp³-hybridized carbons (Fsp3) is 0.417. The van der Waals surface area contributed by atoms with Gasteiger partial charge in [0.1, 0.15) is 0 Å². The van der Waals surface area contributed by atoms with E-state index in [2.05, 4.69) is 5.32 Å². The standard InChI is InChI=1S/C12H16ClNO4/c13-4-7-18-6-1-5-14-12(17)9-2-3-10(15)11(16)8-9/h2-3,8,15-16H,1,4-7H2,(H,14,17). The van der Waals surface area contributed by atoms with Crippen molar-refractivity contribution in [3.05, 3.63) is 23.8 Å². The SMILES string of the molecule is O=C(NCCCOCCCl)c1ccc(O)c(O)c1. The number of alkyl halides is 1. The molecule has 0 aromatic heterocycles. The Morgan fingerprint density at radius 3 is 2.72 bits per heavy atom. The molecule has 0 bridgehead atoms. The number of phenolic OH excluding ortho intramolecular Hbond substituents is 2. The fourth-order valence-electron chi connectivity index (χ4n) is 1.30. The van der Waals surface area contributed by atoms with E-state index in [0.29, 0.717) is 37.6 Å². The van der Waals surface area contributed by atoms with Crippen molar-refractivity contribution in [3.8, 4) is 11.5 Å². The molecule has 6 heteroatoms. The normalized spacial score (nSPS) is 10.3. The Morgan fingerprint density at radius 2 is 2.06 bits per heavy atom. The molecule has 0 radical (unpaired) electrons. The minimum atomic E-state index is -0.312. The Balaban J connectivity index is 2.30. The lowest BCUT2D eigenvalue weighted by molar-refractivity contribution is 0.0944. The van der Waals surface area contributed by atoms with E-state index in [1.54, 1.807) is 0 Å². The molecule has 1 amide bonds. The molecule has 0 fully saturated rings. The number of hydrogen-bond acceptors (Lipinski definition) is 4. The largest absolute Gasteiger partial charge is 0.504 e. The van der Waals surface area contributed by atoms with Crippen LogP contribution in [0.15, 0.2) is 18.2 Å². The molecule has 0 spiro atoms. The zero-order valence-electron chi connectivity index (χ0n) is 9.86. The second-order valence-corrected chi connectivity index (χ2v) is 3.99. The summed E-state index contributed by atoms with van der Waals surface area (Å²) in [6.45, 7) is 1.51. The van der Waals surface area contributed by atoms with E-state index in [0.717, 1.165) is 0 Å². The average Bonchev–Trinajstić information content (AvgIpc) is 2.36. The van der Waals surface area contributed by atoms with Gasteiger partial charge in [-0.1, -0.05) is 0 Å². The third-order valence-corrected chi connectivity index (χ3v) is 2.36. The number of amides is 1. The monoisotopic (exact) mass is 273 g/mol. The summed E-state index contributed by atoms with van der Waals surface area (Å²) in [7, 11) is 0. The summed E-state index contributed by atoms with van der Waals surface area (Å²) in [6, 6.07) is 3.93. The number of nitrogens with one attached hydrogen (secondary N) is 1. The van der Waals surface area contributed by atoms with Gasteiger partial charge in [0.15, 0.2) is 11.5 Å². The van der Waals surface area contributed by atoms with Crippen LogP contribution in [0.1, 0.15) is 16.8 Å². The van der Waals surface area contributed by atoms with Crippen LogP contribution in [0.5, 0.6) is 11.5 Å². The number of hydrogen-bond donors (Lipinski definition) is 3. The van der Waals surface area contributed by atoms with Gasteiger partial charge < -0.3 is 20.3 Å². The number of carbonyl (C=O) groups is 1. The van der Waals surface area contributed by atoms with Gasteiger partial charge in [0.05, 0.1) is 6.61 Å². The Kier molecular flexibility index (Phi) is 6.32. The molecule has 18 heavy (non-hydrogen) atoms. The molecule has 0 heterocycles. The maximum Gasteiger partial charge on any atom is 0.251 e. The second kappa shape index (κ2) is 7.79. The molecule has 0 unspecified atom stereocenters. The highest BCUT2D eigenvalue weighted by molar-refractivity contribution is 6.17. The first-order valence-electron chi connectivity index (χ1n) is 5.59. The minimum Gasteiger partial charge on any atom is -0.504 e. The number of halogens is 1. The summed E-state index contributed by atoms with van der Waals surface area (Å²) in [6.07, 6.45) is 0.687. The van der Waals surface area contributed by atoms with Crippen molar-refractivity contribution in [2.45, 2.75) is 6.42 Å². The lowest BCUT2D eigenvalue weighted by atomic mass is 10.2. The fourth-order valence-corrected chi connectivity index (χ4v) is 1.41. The summed E-state index contributed by atoms with van der Waals surface area (Å²) < 4.78 is 5.15. The molecular formula is C12H16ClNO4. The van der Waals surface area contributed by atoms with Crippen LogP contribution in [0.4, 0.5) is 0 Å². The molecule has 0 aliphatic carbocycles. The first-order chi connectivity index (χ1) is 8.65. The molecular weight excluding hydrogens is 258 g/mol. The number of ether oxygens (including phenoxy) is 1. The highest BCUT2D eigenvalue weighted by atomic mass is 35.5. The second-order valence-electron chi connectivity index (χ2n) is 3.61. The molecule has 1 aromatic rings. The lowest BCUT2D eigenvalue weighted by Crippen LogP contribution is -2.25. The Morgan fingerprint density at radius 1 is 1.28 bits per heavy atom. The number of benzene rings is 1. The van der Waals surface area contributed by atoms with E-state index in [1.807, 2.05) is 0 Å². The van der Waals surface area contributed by atoms with E-state index < -0.39 is 0 Å². The van der Waals surface area contributed by atoms with Crippen molar-refractivity contribution in [2.24, 2.45) is 0 Å². The van der Waals surface area contributed by atoms with E-state index in [4.69, 9.17) is 21.4 Å². The topological polar surface area (TPSA) is 78.8 Å². The molecule has 0 aliphatic rings. The van der Waals surface area contributed by atoms with Crippen LogP contribution in [0.3, 0.4) is 0 Å². The van der Waals surface area contributed by atoms with Gasteiger partial charge >= 0.3 is 0 Å². The van der Waals surface area contributed by atoms with E-state index in [-0.39, 0.29) is 17.4 Å². The van der Waals surface area contributed by atoms with E-state index in [9.17, 15) is 9.90 Å². The van der Waals surface area contributed by atoms with Crippen molar-refractivity contribution < 1.29 is 19.7 Å². The molecule has 1 aromatic carbocycles. The summed E-state index contributed by atoms with van der Waals surface area (Å²) in [4.78, 5) is 11.6. The van der Waals surface area contributed by atoms with Gasteiger partial charge in [0.25, 0.3) is 5.91 Å². The van der Waals surface area contributed by atoms with Crippen LogP contribution in [-0.4, -0.2) is 41.8 Å².